The predicted molar refractivity (Wildman–Crippen MR) is 129 cm³/mol. The molecule has 160 valence electrons. The van der Waals surface area contributed by atoms with E-state index in [9.17, 15) is 0 Å². The van der Waals surface area contributed by atoms with Crippen molar-refractivity contribution in [2.45, 2.75) is 57.5 Å². The Kier molecular flexibility index (Phi) is 10.4. The number of aromatic nitrogens is 3. The summed E-state index contributed by atoms with van der Waals surface area (Å²) < 4.78 is 2.11. The van der Waals surface area contributed by atoms with Crippen LogP contribution in [-0.2, 0) is 13.0 Å². The number of nitrogens with one attached hydrogen (secondary N) is 2. The van der Waals surface area contributed by atoms with Crippen LogP contribution in [0.3, 0.4) is 0 Å². The lowest BCUT2D eigenvalue weighted by atomic mass is 9.80. The maximum atomic E-state index is 4.44. The third-order valence-corrected chi connectivity index (χ3v) is 6.87. The number of hydrogen-bond acceptors (Lipinski definition) is 5. The molecule has 1 aromatic rings. The summed E-state index contributed by atoms with van der Waals surface area (Å²) in [6.45, 7) is 7.22. The molecule has 1 aliphatic heterocycles. The highest BCUT2D eigenvalue weighted by molar-refractivity contribution is 14.0. The minimum Gasteiger partial charge on any atom is -0.355 e. The Morgan fingerprint density at radius 2 is 1.96 bits per heavy atom. The van der Waals surface area contributed by atoms with Gasteiger partial charge in [-0.15, -0.1) is 34.2 Å². The van der Waals surface area contributed by atoms with E-state index < -0.39 is 0 Å². The molecule has 1 aliphatic carbocycles. The van der Waals surface area contributed by atoms with Crippen molar-refractivity contribution < 1.29 is 0 Å². The van der Waals surface area contributed by atoms with Crippen molar-refractivity contribution in [2.75, 3.05) is 44.7 Å². The van der Waals surface area contributed by atoms with Crippen LogP contribution in [0.4, 0.5) is 0 Å². The highest BCUT2D eigenvalue weighted by Gasteiger charge is 2.38. The van der Waals surface area contributed by atoms with Gasteiger partial charge in [0.05, 0.1) is 0 Å². The number of aliphatic imine (C=N–C) groups is 1. The summed E-state index contributed by atoms with van der Waals surface area (Å²) in [5.74, 6) is 4.47. The molecule has 0 radical (unpaired) electrons. The molecule has 0 spiro atoms. The second-order valence-corrected chi connectivity index (χ2v) is 8.76. The SMILES string of the molecule is CCc1nncn1CCNC(=NC)NCC1(N2CCSCC2)CCCCC1.I. The summed E-state index contributed by atoms with van der Waals surface area (Å²) >= 11 is 2.09. The van der Waals surface area contributed by atoms with Crippen molar-refractivity contribution in [3.8, 4) is 0 Å². The summed E-state index contributed by atoms with van der Waals surface area (Å²) in [4.78, 5) is 7.20. The maximum absolute atomic E-state index is 4.44. The molecule has 28 heavy (non-hydrogen) atoms. The molecule has 1 aromatic heterocycles. The zero-order valence-electron chi connectivity index (χ0n) is 17.3. The lowest BCUT2D eigenvalue weighted by molar-refractivity contribution is 0.0626. The van der Waals surface area contributed by atoms with Gasteiger partial charge in [-0.25, -0.2) is 0 Å². The lowest BCUT2D eigenvalue weighted by Crippen LogP contribution is -2.59. The van der Waals surface area contributed by atoms with Crippen LogP contribution in [0.2, 0.25) is 0 Å². The van der Waals surface area contributed by atoms with Crippen molar-refractivity contribution >= 4 is 41.7 Å². The molecule has 0 aromatic carbocycles. The molecule has 2 heterocycles. The van der Waals surface area contributed by atoms with Gasteiger partial charge in [-0.3, -0.25) is 9.89 Å². The first kappa shape index (κ1) is 23.7. The van der Waals surface area contributed by atoms with Gasteiger partial charge in [-0.05, 0) is 12.8 Å². The number of guanidine groups is 1. The number of aryl methyl sites for hydroxylation is 1. The van der Waals surface area contributed by atoms with E-state index in [1.165, 1.54) is 56.7 Å². The maximum Gasteiger partial charge on any atom is 0.191 e. The minimum absolute atomic E-state index is 0. The van der Waals surface area contributed by atoms with Crippen LogP contribution in [-0.4, -0.2) is 75.9 Å². The second-order valence-electron chi connectivity index (χ2n) is 7.53. The molecule has 2 fully saturated rings. The van der Waals surface area contributed by atoms with Gasteiger partial charge in [-0.2, -0.15) is 11.8 Å². The van der Waals surface area contributed by atoms with Crippen molar-refractivity contribution in [2.24, 2.45) is 4.99 Å². The van der Waals surface area contributed by atoms with Crippen LogP contribution in [0.1, 0.15) is 44.9 Å². The van der Waals surface area contributed by atoms with Crippen LogP contribution < -0.4 is 10.6 Å². The van der Waals surface area contributed by atoms with E-state index in [2.05, 4.69) is 54.0 Å². The van der Waals surface area contributed by atoms with Crippen LogP contribution in [0, 0.1) is 0 Å². The fraction of sp³-hybridized carbons (Fsp3) is 0.842. The fourth-order valence-corrected chi connectivity index (χ4v) is 5.26. The lowest BCUT2D eigenvalue weighted by Gasteiger charge is -2.48. The van der Waals surface area contributed by atoms with Gasteiger partial charge >= 0.3 is 0 Å². The van der Waals surface area contributed by atoms with Crippen LogP contribution in [0.5, 0.6) is 0 Å². The first-order chi connectivity index (χ1) is 13.3. The predicted octanol–water partition coefficient (Wildman–Crippen LogP) is 2.38. The number of halogens is 1. The summed E-state index contributed by atoms with van der Waals surface area (Å²) in [6.07, 6.45) is 9.42. The Bertz CT molecular complexity index is 595. The van der Waals surface area contributed by atoms with Crippen molar-refractivity contribution in [3.63, 3.8) is 0 Å². The number of thioether (sulfide) groups is 1. The number of rotatable bonds is 7. The minimum atomic E-state index is 0. The standard InChI is InChI=1S/C19H35N7S.HI/c1-3-17-24-23-16-25(17)10-9-21-18(20-2)22-15-19(7-5-4-6-8-19)26-11-13-27-14-12-26;/h16H,3-15H2,1-2H3,(H2,20,21,22);1H. The van der Waals surface area contributed by atoms with E-state index in [-0.39, 0.29) is 24.0 Å². The zero-order chi connectivity index (χ0) is 19.0. The Labute approximate surface area is 190 Å². The topological polar surface area (TPSA) is 70.4 Å². The highest BCUT2D eigenvalue weighted by Crippen LogP contribution is 2.34. The average Bonchev–Trinajstić information content (AvgIpc) is 3.19. The van der Waals surface area contributed by atoms with Crippen molar-refractivity contribution in [1.82, 2.24) is 30.3 Å². The molecular weight excluding hydrogens is 485 g/mol. The first-order valence-corrected chi connectivity index (χ1v) is 11.6. The van der Waals surface area contributed by atoms with E-state index in [0.717, 1.165) is 37.8 Å². The molecule has 1 saturated heterocycles. The molecule has 9 heteroatoms. The Balaban J connectivity index is 0.00000280. The third-order valence-electron chi connectivity index (χ3n) is 5.93. The van der Waals surface area contributed by atoms with Gasteiger partial charge in [-0.1, -0.05) is 26.2 Å². The molecule has 7 nitrogen and oxygen atoms in total. The van der Waals surface area contributed by atoms with E-state index in [1.807, 2.05) is 13.4 Å². The summed E-state index contributed by atoms with van der Waals surface area (Å²) in [5, 5.41) is 15.2. The normalized spacial score (nSPS) is 20.4. The van der Waals surface area contributed by atoms with Gasteiger partial charge < -0.3 is 15.2 Å². The molecule has 0 amide bonds. The number of nitrogens with zero attached hydrogens (tertiary/aromatic N) is 5. The third kappa shape index (κ3) is 6.22. The van der Waals surface area contributed by atoms with Crippen LogP contribution in [0.15, 0.2) is 11.3 Å². The summed E-state index contributed by atoms with van der Waals surface area (Å²) in [5.41, 5.74) is 0.306. The molecule has 3 rings (SSSR count). The first-order valence-electron chi connectivity index (χ1n) is 10.4. The molecule has 0 bridgehead atoms. The van der Waals surface area contributed by atoms with E-state index in [1.54, 1.807) is 0 Å². The van der Waals surface area contributed by atoms with Crippen LogP contribution in [0.25, 0.3) is 0 Å². The smallest absolute Gasteiger partial charge is 0.191 e. The molecule has 2 aliphatic rings. The van der Waals surface area contributed by atoms with Gasteiger partial charge in [0.1, 0.15) is 12.2 Å². The Morgan fingerprint density at radius 3 is 2.64 bits per heavy atom. The Hall–Kier alpha value is -0.550. The second kappa shape index (κ2) is 12.2. The van der Waals surface area contributed by atoms with Gasteiger partial charge in [0.15, 0.2) is 5.96 Å². The molecule has 0 unspecified atom stereocenters. The molecular formula is C19H36IN7S. The zero-order valence-corrected chi connectivity index (χ0v) is 20.5. The van der Waals surface area contributed by atoms with Gasteiger partial charge in [0.25, 0.3) is 0 Å². The van der Waals surface area contributed by atoms with E-state index >= 15 is 0 Å². The quantitative estimate of drug-likeness (QED) is 0.326. The molecule has 2 N–H and O–H groups in total. The molecule has 0 atom stereocenters. The largest absolute Gasteiger partial charge is 0.355 e. The Morgan fingerprint density at radius 1 is 1.21 bits per heavy atom. The van der Waals surface area contributed by atoms with Crippen molar-refractivity contribution in [3.05, 3.63) is 12.2 Å². The monoisotopic (exact) mass is 521 g/mol. The van der Waals surface area contributed by atoms with E-state index in [4.69, 9.17) is 0 Å². The fourth-order valence-electron chi connectivity index (χ4n) is 4.36. The van der Waals surface area contributed by atoms with E-state index in [0.29, 0.717) is 5.54 Å². The van der Waals surface area contributed by atoms with Crippen molar-refractivity contribution in [1.29, 1.82) is 0 Å². The summed E-state index contributed by atoms with van der Waals surface area (Å²) in [6, 6.07) is 0. The van der Waals surface area contributed by atoms with Crippen LogP contribution >= 0.6 is 35.7 Å². The summed E-state index contributed by atoms with van der Waals surface area (Å²) in [7, 11) is 1.86. The molecule has 1 saturated carbocycles. The van der Waals surface area contributed by atoms with Gasteiger partial charge in [0, 0.05) is 63.2 Å². The average molecular weight is 522 g/mol. The number of hydrogen-bond donors (Lipinski definition) is 2. The van der Waals surface area contributed by atoms with Gasteiger partial charge in [0.2, 0.25) is 0 Å². The highest BCUT2D eigenvalue weighted by atomic mass is 127.